The van der Waals surface area contributed by atoms with Gasteiger partial charge in [-0.25, -0.2) is 4.68 Å². The molecule has 1 aliphatic rings. The lowest BCUT2D eigenvalue weighted by Crippen LogP contribution is -2.01. The molecule has 17 heavy (non-hydrogen) atoms. The maximum absolute atomic E-state index is 4.12. The zero-order chi connectivity index (χ0) is 11.7. The highest BCUT2D eigenvalue weighted by Crippen LogP contribution is 2.28. The van der Waals surface area contributed by atoms with Crippen molar-refractivity contribution in [3.05, 3.63) is 30.0 Å². The van der Waals surface area contributed by atoms with E-state index in [-0.39, 0.29) is 0 Å². The number of fused-ring (bicyclic) bond motifs is 1. The van der Waals surface area contributed by atoms with Crippen LogP contribution < -0.4 is 5.32 Å². The molecule has 0 unspecified atom stereocenters. The minimum atomic E-state index is 0.917. The van der Waals surface area contributed by atoms with Gasteiger partial charge in [0.2, 0.25) is 0 Å². The molecule has 2 heterocycles. The second kappa shape index (κ2) is 4.20. The van der Waals surface area contributed by atoms with E-state index in [2.05, 4.69) is 40.8 Å². The largest absolute Gasteiger partial charge is 0.384 e. The number of anilines is 1. The second-order valence-electron chi connectivity index (χ2n) is 4.39. The average Bonchev–Trinajstić information content (AvgIpc) is 2.96. The van der Waals surface area contributed by atoms with Gasteiger partial charge in [0.1, 0.15) is 0 Å². The van der Waals surface area contributed by atoms with Crippen LogP contribution in [0.25, 0.3) is 11.3 Å². The van der Waals surface area contributed by atoms with Crippen LogP contribution >= 0.6 is 0 Å². The van der Waals surface area contributed by atoms with E-state index in [1.807, 2.05) is 10.9 Å². The van der Waals surface area contributed by atoms with Crippen molar-refractivity contribution < 1.29 is 0 Å². The number of rotatable bonds is 3. The molecule has 2 aromatic rings. The van der Waals surface area contributed by atoms with Crippen LogP contribution in [0.1, 0.15) is 18.9 Å². The molecule has 0 fully saturated rings. The standard InChI is InChI=1S/C13H16N4/c1-2-7-17-13(9-15-16-17)11-4-3-10-5-6-14-12(10)8-11/h3-4,8-9,14H,2,5-7H2,1H3. The first-order valence-corrected chi connectivity index (χ1v) is 6.14. The molecule has 1 N–H and O–H groups in total. The topological polar surface area (TPSA) is 42.7 Å². The highest BCUT2D eigenvalue weighted by atomic mass is 15.4. The summed E-state index contributed by atoms with van der Waals surface area (Å²) in [4.78, 5) is 0. The molecule has 4 nitrogen and oxygen atoms in total. The maximum Gasteiger partial charge on any atom is 0.0886 e. The summed E-state index contributed by atoms with van der Waals surface area (Å²) in [6.45, 7) is 4.11. The van der Waals surface area contributed by atoms with Gasteiger partial charge in [-0.3, -0.25) is 0 Å². The lowest BCUT2D eigenvalue weighted by Gasteiger charge is -2.07. The SMILES string of the molecule is CCCn1nncc1-c1ccc2c(c1)NCC2. The van der Waals surface area contributed by atoms with Crippen LogP contribution in [0, 0.1) is 0 Å². The van der Waals surface area contributed by atoms with Gasteiger partial charge in [-0.15, -0.1) is 5.10 Å². The van der Waals surface area contributed by atoms with E-state index in [4.69, 9.17) is 0 Å². The molecular formula is C13H16N4. The van der Waals surface area contributed by atoms with Crippen LogP contribution in [-0.4, -0.2) is 21.5 Å². The van der Waals surface area contributed by atoms with Crippen molar-refractivity contribution in [2.75, 3.05) is 11.9 Å². The molecular weight excluding hydrogens is 212 g/mol. The van der Waals surface area contributed by atoms with Crippen LogP contribution in [0.4, 0.5) is 5.69 Å². The third kappa shape index (κ3) is 1.79. The first kappa shape index (κ1) is 10.3. The van der Waals surface area contributed by atoms with E-state index in [0.717, 1.165) is 31.6 Å². The molecule has 0 bridgehead atoms. The lowest BCUT2D eigenvalue weighted by atomic mass is 10.1. The maximum atomic E-state index is 4.12. The van der Waals surface area contributed by atoms with Gasteiger partial charge in [0.15, 0.2) is 0 Å². The fraction of sp³-hybridized carbons (Fsp3) is 0.385. The van der Waals surface area contributed by atoms with Gasteiger partial charge >= 0.3 is 0 Å². The molecule has 0 spiro atoms. The van der Waals surface area contributed by atoms with Crippen molar-refractivity contribution >= 4 is 5.69 Å². The molecule has 0 radical (unpaired) electrons. The van der Waals surface area contributed by atoms with Crippen LogP contribution in [-0.2, 0) is 13.0 Å². The first-order valence-electron chi connectivity index (χ1n) is 6.14. The number of nitrogens with one attached hydrogen (secondary N) is 1. The number of benzene rings is 1. The highest BCUT2D eigenvalue weighted by Gasteiger charge is 2.12. The molecule has 0 saturated heterocycles. The van der Waals surface area contributed by atoms with E-state index in [1.165, 1.54) is 16.8 Å². The van der Waals surface area contributed by atoms with E-state index in [9.17, 15) is 0 Å². The van der Waals surface area contributed by atoms with Gasteiger partial charge in [-0.2, -0.15) is 0 Å². The minimum absolute atomic E-state index is 0.917. The summed E-state index contributed by atoms with van der Waals surface area (Å²) >= 11 is 0. The lowest BCUT2D eigenvalue weighted by molar-refractivity contribution is 0.584. The third-order valence-electron chi connectivity index (χ3n) is 3.17. The van der Waals surface area contributed by atoms with Crippen LogP contribution in [0.3, 0.4) is 0 Å². The summed E-state index contributed by atoms with van der Waals surface area (Å²) < 4.78 is 1.97. The molecule has 0 amide bonds. The number of hydrogen-bond donors (Lipinski definition) is 1. The Balaban J connectivity index is 2.00. The normalized spacial score (nSPS) is 13.5. The zero-order valence-electron chi connectivity index (χ0n) is 9.98. The Morgan fingerprint density at radius 2 is 2.35 bits per heavy atom. The van der Waals surface area contributed by atoms with Crippen molar-refractivity contribution in [2.24, 2.45) is 0 Å². The van der Waals surface area contributed by atoms with E-state index in [0.29, 0.717) is 0 Å². The molecule has 88 valence electrons. The average molecular weight is 228 g/mol. The monoisotopic (exact) mass is 228 g/mol. The Kier molecular flexibility index (Phi) is 2.55. The molecule has 0 atom stereocenters. The summed E-state index contributed by atoms with van der Waals surface area (Å²) in [5, 5.41) is 11.5. The van der Waals surface area contributed by atoms with E-state index in [1.54, 1.807) is 0 Å². The van der Waals surface area contributed by atoms with Gasteiger partial charge in [0.25, 0.3) is 0 Å². The molecule has 3 rings (SSSR count). The van der Waals surface area contributed by atoms with Crippen molar-refractivity contribution in [1.29, 1.82) is 0 Å². The zero-order valence-corrected chi connectivity index (χ0v) is 9.98. The Bertz CT molecular complexity index is 530. The predicted octanol–water partition coefficient (Wildman–Crippen LogP) is 2.32. The summed E-state index contributed by atoms with van der Waals surface area (Å²) in [7, 11) is 0. The predicted molar refractivity (Wildman–Crippen MR) is 67.9 cm³/mol. The molecule has 0 saturated carbocycles. The highest BCUT2D eigenvalue weighted by molar-refractivity contribution is 5.68. The molecule has 1 aromatic carbocycles. The molecule has 0 aliphatic carbocycles. The fourth-order valence-electron chi connectivity index (χ4n) is 2.31. The van der Waals surface area contributed by atoms with E-state index < -0.39 is 0 Å². The van der Waals surface area contributed by atoms with E-state index >= 15 is 0 Å². The minimum Gasteiger partial charge on any atom is -0.384 e. The van der Waals surface area contributed by atoms with Gasteiger partial charge in [0, 0.05) is 24.3 Å². The summed E-state index contributed by atoms with van der Waals surface area (Å²) in [6, 6.07) is 6.57. The molecule has 4 heteroatoms. The third-order valence-corrected chi connectivity index (χ3v) is 3.17. The van der Waals surface area contributed by atoms with Gasteiger partial charge < -0.3 is 5.32 Å². The first-order chi connectivity index (χ1) is 8.38. The van der Waals surface area contributed by atoms with Crippen LogP contribution in [0.2, 0.25) is 0 Å². The van der Waals surface area contributed by atoms with Gasteiger partial charge in [-0.05, 0) is 24.5 Å². The van der Waals surface area contributed by atoms with Gasteiger partial charge in [0.05, 0.1) is 11.9 Å². The van der Waals surface area contributed by atoms with Crippen molar-refractivity contribution in [3.63, 3.8) is 0 Å². The van der Waals surface area contributed by atoms with Crippen LogP contribution in [0.15, 0.2) is 24.4 Å². The van der Waals surface area contributed by atoms with Crippen LogP contribution in [0.5, 0.6) is 0 Å². The van der Waals surface area contributed by atoms with Crippen molar-refractivity contribution in [2.45, 2.75) is 26.3 Å². The van der Waals surface area contributed by atoms with Crippen molar-refractivity contribution in [1.82, 2.24) is 15.0 Å². The number of aryl methyl sites for hydroxylation is 1. The summed E-state index contributed by atoms with van der Waals surface area (Å²) in [5.74, 6) is 0. The Labute approximate surface area is 101 Å². The fourth-order valence-corrected chi connectivity index (χ4v) is 2.31. The molecule has 1 aliphatic heterocycles. The Morgan fingerprint density at radius 3 is 3.24 bits per heavy atom. The smallest absolute Gasteiger partial charge is 0.0886 e. The van der Waals surface area contributed by atoms with Gasteiger partial charge in [-0.1, -0.05) is 24.3 Å². The number of nitrogens with zero attached hydrogens (tertiary/aromatic N) is 3. The number of aromatic nitrogens is 3. The van der Waals surface area contributed by atoms with Crippen molar-refractivity contribution in [3.8, 4) is 11.3 Å². The second-order valence-corrected chi connectivity index (χ2v) is 4.39. The summed E-state index contributed by atoms with van der Waals surface area (Å²) in [5.41, 5.74) is 4.95. The number of hydrogen-bond acceptors (Lipinski definition) is 3. The summed E-state index contributed by atoms with van der Waals surface area (Å²) in [6.07, 6.45) is 4.04. The Morgan fingerprint density at radius 1 is 1.41 bits per heavy atom. The molecule has 1 aromatic heterocycles. The quantitative estimate of drug-likeness (QED) is 0.876. The Hall–Kier alpha value is -1.84.